The van der Waals surface area contributed by atoms with Crippen LogP contribution in [-0.2, 0) is 20.0 Å². The van der Waals surface area contributed by atoms with Crippen LogP contribution < -0.4 is 9.46 Å². The van der Waals surface area contributed by atoms with Crippen LogP contribution in [0.2, 0.25) is 0 Å². The SMILES string of the molecule is CCN(CC)S(=O)(=O)c1ccccc1S(=O)(=O)NC(=O)c1ccc(OC)c(Br)n1. The first-order valence-electron chi connectivity index (χ1n) is 8.45. The average molecular weight is 506 g/mol. The molecule has 0 aliphatic heterocycles. The van der Waals surface area contributed by atoms with E-state index in [0.29, 0.717) is 5.75 Å². The highest BCUT2D eigenvalue weighted by molar-refractivity contribution is 9.10. The maximum Gasteiger partial charge on any atom is 0.283 e. The number of carbonyl (C=O) groups is 1. The lowest BCUT2D eigenvalue weighted by atomic mass is 10.3. The molecule has 1 aromatic heterocycles. The summed E-state index contributed by atoms with van der Waals surface area (Å²) in [6, 6.07) is 7.84. The molecule has 0 spiro atoms. The monoisotopic (exact) mass is 505 g/mol. The molecule has 1 amide bonds. The number of hydrogen-bond donors (Lipinski definition) is 1. The summed E-state index contributed by atoms with van der Waals surface area (Å²) >= 11 is 3.12. The number of benzene rings is 1. The molecule has 2 aromatic rings. The molecule has 1 N–H and O–H groups in total. The number of rotatable bonds is 8. The van der Waals surface area contributed by atoms with Crippen molar-refractivity contribution >= 4 is 41.9 Å². The van der Waals surface area contributed by atoms with E-state index in [0.717, 1.165) is 10.4 Å². The molecule has 1 aromatic carbocycles. The van der Waals surface area contributed by atoms with E-state index < -0.39 is 35.7 Å². The molecule has 9 nitrogen and oxygen atoms in total. The van der Waals surface area contributed by atoms with Crippen LogP contribution in [-0.4, -0.2) is 52.2 Å². The van der Waals surface area contributed by atoms with Crippen molar-refractivity contribution in [2.24, 2.45) is 0 Å². The molecule has 0 unspecified atom stereocenters. The Kier molecular flexibility index (Phi) is 7.38. The highest BCUT2D eigenvalue weighted by Crippen LogP contribution is 2.25. The van der Waals surface area contributed by atoms with Crippen LogP contribution in [0, 0.1) is 0 Å². The van der Waals surface area contributed by atoms with E-state index in [1.165, 1.54) is 37.4 Å². The van der Waals surface area contributed by atoms with Gasteiger partial charge in [0.15, 0.2) is 5.75 Å². The quantitative estimate of drug-likeness (QED) is 0.544. The lowest BCUT2D eigenvalue weighted by molar-refractivity contribution is 0.0976. The van der Waals surface area contributed by atoms with Gasteiger partial charge >= 0.3 is 0 Å². The summed E-state index contributed by atoms with van der Waals surface area (Å²) in [5, 5.41) is 0. The molecule has 0 saturated heterocycles. The number of amides is 1. The summed E-state index contributed by atoms with van der Waals surface area (Å²) in [6.07, 6.45) is 0. The van der Waals surface area contributed by atoms with Crippen molar-refractivity contribution in [2.75, 3.05) is 20.2 Å². The minimum Gasteiger partial charge on any atom is -0.494 e. The molecule has 0 bridgehead atoms. The molecule has 2 rings (SSSR count). The topological polar surface area (TPSA) is 123 Å². The van der Waals surface area contributed by atoms with Crippen molar-refractivity contribution in [2.45, 2.75) is 23.6 Å². The minimum absolute atomic E-state index is 0.170. The molecular formula is C17H20BrN3O6S2. The summed E-state index contributed by atoms with van der Waals surface area (Å²) in [6.45, 7) is 3.63. The molecule has 0 saturated carbocycles. The third kappa shape index (κ3) is 4.94. The van der Waals surface area contributed by atoms with Crippen LogP contribution in [0.15, 0.2) is 50.8 Å². The number of methoxy groups -OCH3 is 1. The van der Waals surface area contributed by atoms with E-state index in [9.17, 15) is 21.6 Å². The first-order valence-corrected chi connectivity index (χ1v) is 12.2. The van der Waals surface area contributed by atoms with Crippen LogP contribution in [0.25, 0.3) is 0 Å². The molecule has 1 heterocycles. The van der Waals surface area contributed by atoms with Gasteiger partial charge in [-0.15, -0.1) is 0 Å². The fourth-order valence-corrected chi connectivity index (χ4v) is 6.23. The van der Waals surface area contributed by atoms with Crippen LogP contribution >= 0.6 is 15.9 Å². The second-order valence-corrected chi connectivity index (χ2v) is 9.97. The van der Waals surface area contributed by atoms with Gasteiger partial charge in [0.25, 0.3) is 15.9 Å². The zero-order chi connectivity index (χ0) is 21.8. The Bertz CT molecular complexity index is 1120. The second-order valence-electron chi connectivity index (χ2n) is 5.66. The van der Waals surface area contributed by atoms with Crippen molar-refractivity contribution in [3.05, 3.63) is 46.7 Å². The molecule has 12 heteroatoms. The Morgan fingerprint density at radius 3 is 2.17 bits per heavy atom. The number of ether oxygens (including phenoxy) is 1. The van der Waals surface area contributed by atoms with Gasteiger partial charge in [0.2, 0.25) is 10.0 Å². The number of halogens is 1. The van der Waals surface area contributed by atoms with Crippen LogP contribution in [0.3, 0.4) is 0 Å². The van der Waals surface area contributed by atoms with Crippen molar-refractivity contribution < 1.29 is 26.4 Å². The summed E-state index contributed by atoms with van der Waals surface area (Å²) in [7, 11) is -7.14. The normalized spacial score (nSPS) is 12.0. The van der Waals surface area contributed by atoms with Gasteiger partial charge in [-0.1, -0.05) is 26.0 Å². The van der Waals surface area contributed by atoms with Crippen LogP contribution in [0.4, 0.5) is 0 Å². The largest absolute Gasteiger partial charge is 0.494 e. The number of nitrogens with zero attached hydrogens (tertiary/aromatic N) is 2. The molecule has 0 atom stereocenters. The molecule has 0 fully saturated rings. The third-order valence-electron chi connectivity index (χ3n) is 3.96. The number of carbonyl (C=O) groups excluding carboxylic acids is 1. The molecule has 158 valence electrons. The van der Waals surface area contributed by atoms with Gasteiger partial charge in [-0.3, -0.25) is 4.79 Å². The van der Waals surface area contributed by atoms with Gasteiger partial charge in [0.1, 0.15) is 20.1 Å². The highest BCUT2D eigenvalue weighted by atomic mass is 79.9. The summed E-state index contributed by atoms with van der Waals surface area (Å²) < 4.78 is 59.6. The van der Waals surface area contributed by atoms with E-state index >= 15 is 0 Å². The van der Waals surface area contributed by atoms with E-state index in [1.807, 2.05) is 4.72 Å². The standard InChI is InChI=1S/C17H20BrN3O6S2/c1-4-21(5-2)29(25,26)15-9-7-6-8-14(15)28(23,24)20-17(22)12-10-11-13(27-3)16(18)19-12/h6-11H,4-5H2,1-3H3,(H,20,22). The smallest absolute Gasteiger partial charge is 0.283 e. The fraction of sp³-hybridized carbons (Fsp3) is 0.294. The first kappa shape index (κ1) is 23.3. The minimum atomic E-state index is -4.49. The fourth-order valence-electron chi connectivity index (χ4n) is 2.52. The van der Waals surface area contributed by atoms with E-state index in [4.69, 9.17) is 4.74 Å². The number of aromatic nitrogens is 1. The number of nitrogens with one attached hydrogen (secondary N) is 1. The Hall–Kier alpha value is -2.02. The maximum atomic E-state index is 12.8. The Morgan fingerprint density at radius 1 is 1.07 bits per heavy atom. The molecular weight excluding hydrogens is 486 g/mol. The predicted octanol–water partition coefficient (Wildman–Crippen LogP) is 2.00. The Morgan fingerprint density at radius 2 is 1.66 bits per heavy atom. The summed E-state index contributed by atoms with van der Waals surface area (Å²) in [5.41, 5.74) is -0.190. The van der Waals surface area contributed by atoms with Crippen molar-refractivity contribution in [3.8, 4) is 5.75 Å². The molecule has 0 aliphatic rings. The third-order valence-corrected chi connectivity index (χ3v) is 8.15. The van der Waals surface area contributed by atoms with Gasteiger partial charge in [-0.05, 0) is 40.2 Å². The van der Waals surface area contributed by atoms with Crippen molar-refractivity contribution in [1.82, 2.24) is 14.0 Å². The predicted molar refractivity (Wildman–Crippen MR) is 110 cm³/mol. The van der Waals surface area contributed by atoms with Crippen molar-refractivity contribution in [3.63, 3.8) is 0 Å². The van der Waals surface area contributed by atoms with Gasteiger partial charge < -0.3 is 4.74 Å². The lowest BCUT2D eigenvalue weighted by Crippen LogP contribution is -2.35. The zero-order valence-electron chi connectivity index (χ0n) is 15.9. The summed E-state index contributed by atoms with van der Waals surface area (Å²) in [4.78, 5) is 15.4. The van der Waals surface area contributed by atoms with E-state index in [-0.39, 0.29) is 23.4 Å². The Balaban J connectivity index is 2.45. The number of pyridine rings is 1. The summed E-state index contributed by atoms with van der Waals surface area (Å²) in [5.74, 6) is -0.650. The maximum absolute atomic E-state index is 12.8. The molecule has 0 radical (unpaired) electrons. The highest BCUT2D eigenvalue weighted by Gasteiger charge is 2.31. The van der Waals surface area contributed by atoms with E-state index in [2.05, 4.69) is 20.9 Å². The van der Waals surface area contributed by atoms with Crippen LogP contribution in [0.5, 0.6) is 5.75 Å². The van der Waals surface area contributed by atoms with Gasteiger partial charge in [0.05, 0.1) is 7.11 Å². The number of hydrogen-bond acceptors (Lipinski definition) is 7. The van der Waals surface area contributed by atoms with E-state index in [1.54, 1.807) is 13.8 Å². The van der Waals surface area contributed by atoms with Gasteiger partial charge in [-0.2, -0.15) is 4.31 Å². The van der Waals surface area contributed by atoms with Crippen LogP contribution in [0.1, 0.15) is 24.3 Å². The van der Waals surface area contributed by atoms with Gasteiger partial charge in [-0.25, -0.2) is 26.5 Å². The average Bonchev–Trinajstić information content (AvgIpc) is 2.68. The van der Waals surface area contributed by atoms with Crippen molar-refractivity contribution in [1.29, 1.82) is 0 Å². The molecule has 29 heavy (non-hydrogen) atoms. The van der Waals surface area contributed by atoms with Gasteiger partial charge in [0, 0.05) is 13.1 Å². The zero-order valence-corrected chi connectivity index (χ0v) is 19.1. The number of sulfonamides is 2. The second kappa shape index (κ2) is 9.20. The Labute approximate surface area is 178 Å². The molecule has 0 aliphatic carbocycles. The first-order chi connectivity index (χ1) is 13.6. The lowest BCUT2D eigenvalue weighted by Gasteiger charge is -2.20.